The van der Waals surface area contributed by atoms with Crippen LogP contribution < -0.4 is 10.6 Å². The van der Waals surface area contributed by atoms with Gasteiger partial charge in [0, 0.05) is 18.3 Å². The molecule has 1 heterocycles. The summed E-state index contributed by atoms with van der Waals surface area (Å²) in [6.45, 7) is 4.01. The molecule has 0 aliphatic heterocycles. The van der Waals surface area contributed by atoms with Crippen molar-refractivity contribution in [2.45, 2.75) is 13.3 Å². The fourth-order valence-electron chi connectivity index (χ4n) is 1.59. The van der Waals surface area contributed by atoms with E-state index >= 15 is 0 Å². The number of halogens is 2. The molecule has 6 heteroatoms. The van der Waals surface area contributed by atoms with Gasteiger partial charge in [0.15, 0.2) is 5.13 Å². The minimum absolute atomic E-state index is 0.522. The highest BCUT2D eigenvalue weighted by atomic mass is 35.5. The van der Waals surface area contributed by atoms with Gasteiger partial charge in [-0.15, -0.1) is 11.3 Å². The third kappa shape index (κ3) is 4.08. The Morgan fingerprint density at radius 3 is 2.95 bits per heavy atom. The van der Waals surface area contributed by atoms with Crippen molar-refractivity contribution in [3.8, 4) is 0 Å². The molecule has 102 valence electrons. The van der Waals surface area contributed by atoms with Crippen LogP contribution in [0.5, 0.6) is 0 Å². The van der Waals surface area contributed by atoms with Gasteiger partial charge in [0.25, 0.3) is 0 Å². The van der Waals surface area contributed by atoms with E-state index in [1.165, 1.54) is 0 Å². The molecule has 0 spiro atoms. The molecule has 2 N–H and O–H groups in total. The topological polar surface area (TPSA) is 37.0 Å². The molecule has 1 aromatic carbocycles. The van der Waals surface area contributed by atoms with Crippen molar-refractivity contribution in [3.63, 3.8) is 0 Å². The van der Waals surface area contributed by atoms with E-state index in [-0.39, 0.29) is 0 Å². The maximum absolute atomic E-state index is 6.12. The van der Waals surface area contributed by atoms with E-state index in [1.807, 2.05) is 12.1 Å². The Balaban J connectivity index is 2.01. The van der Waals surface area contributed by atoms with Crippen LogP contribution in [0.15, 0.2) is 23.6 Å². The van der Waals surface area contributed by atoms with Crippen molar-refractivity contribution in [3.05, 3.63) is 39.3 Å². The first kappa shape index (κ1) is 14.6. The van der Waals surface area contributed by atoms with Crippen LogP contribution in [0.25, 0.3) is 0 Å². The van der Waals surface area contributed by atoms with Crippen LogP contribution in [0.4, 0.5) is 10.8 Å². The average Bonchev–Trinajstić information content (AvgIpc) is 2.83. The van der Waals surface area contributed by atoms with Crippen molar-refractivity contribution in [2.75, 3.05) is 18.4 Å². The van der Waals surface area contributed by atoms with E-state index in [0.717, 1.165) is 36.0 Å². The average molecular weight is 316 g/mol. The molecule has 0 bridgehead atoms. The molecule has 0 saturated heterocycles. The van der Waals surface area contributed by atoms with Crippen LogP contribution in [-0.2, 0) is 6.42 Å². The molecule has 3 nitrogen and oxygen atoms in total. The number of anilines is 2. The first-order chi connectivity index (χ1) is 9.20. The fraction of sp³-hybridized carbons (Fsp3) is 0.308. The first-order valence-electron chi connectivity index (χ1n) is 6.07. The standard InChI is InChI=1S/C13H15Cl2N3S/c1-2-16-7-6-9-8-19-13(17-9)18-11-5-3-4-10(14)12(11)15/h3-5,8,16H,2,6-7H2,1H3,(H,17,18). The van der Waals surface area contributed by atoms with Crippen molar-refractivity contribution in [1.82, 2.24) is 10.3 Å². The fourth-order valence-corrected chi connectivity index (χ4v) is 2.69. The molecular formula is C13H15Cl2N3S. The van der Waals surface area contributed by atoms with Crippen LogP contribution >= 0.6 is 34.5 Å². The van der Waals surface area contributed by atoms with Gasteiger partial charge in [0.2, 0.25) is 0 Å². The normalized spacial score (nSPS) is 10.7. The van der Waals surface area contributed by atoms with Gasteiger partial charge >= 0.3 is 0 Å². The summed E-state index contributed by atoms with van der Waals surface area (Å²) in [5.74, 6) is 0. The number of hydrogen-bond donors (Lipinski definition) is 2. The highest BCUT2D eigenvalue weighted by Gasteiger charge is 2.07. The zero-order valence-electron chi connectivity index (χ0n) is 10.5. The Bertz CT molecular complexity index is 542. The van der Waals surface area contributed by atoms with Gasteiger partial charge in [-0.2, -0.15) is 0 Å². The molecule has 0 aliphatic rings. The van der Waals surface area contributed by atoms with Crippen LogP contribution in [0.1, 0.15) is 12.6 Å². The Labute approximate surface area is 127 Å². The highest BCUT2D eigenvalue weighted by Crippen LogP contribution is 2.32. The predicted octanol–water partition coefficient (Wildman–Crippen LogP) is 4.35. The molecule has 0 saturated carbocycles. The summed E-state index contributed by atoms with van der Waals surface area (Å²) in [6.07, 6.45) is 0.926. The van der Waals surface area contributed by atoms with E-state index in [2.05, 4.69) is 27.9 Å². The number of rotatable bonds is 6. The minimum atomic E-state index is 0.522. The SMILES string of the molecule is CCNCCc1csc(Nc2cccc(Cl)c2Cl)n1. The lowest BCUT2D eigenvalue weighted by Gasteiger charge is -2.06. The third-order valence-corrected chi connectivity index (χ3v) is 4.18. The zero-order valence-corrected chi connectivity index (χ0v) is 12.9. The van der Waals surface area contributed by atoms with Gasteiger partial charge < -0.3 is 10.6 Å². The number of nitrogens with one attached hydrogen (secondary N) is 2. The molecule has 0 amide bonds. The van der Waals surface area contributed by atoms with Crippen LogP contribution in [0, 0.1) is 0 Å². The summed E-state index contributed by atoms with van der Waals surface area (Å²) in [5.41, 5.74) is 1.85. The number of benzene rings is 1. The molecule has 2 aromatic rings. The molecule has 1 aromatic heterocycles. The van der Waals surface area contributed by atoms with Gasteiger partial charge in [0.05, 0.1) is 21.4 Å². The summed E-state index contributed by atoms with van der Waals surface area (Å²) in [7, 11) is 0. The second-order valence-electron chi connectivity index (χ2n) is 3.97. The molecule has 0 fully saturated rings. The third-order valence-electron chi connectivity index (χ3n) is 2.55. The lowest BCUT2D eigenvalue weighted by atomic mass is 10.3. The monoisotopic (exact) mass is 315 g/mol. The maximum atomic E-state index is 6.12. The van der Waals surface area contributed by atoms with Crippen molar-refractivity contribution < 1.29 is 0 Å². The number of thiazole rings is 1. The Morgan fingerprint density at radius 2 is 2.16 bits per heavy atom. The van der Waals surface area contributed by atoms with Crippen LogP contribution in [0.3, 0.4) is 0 Å². The molecule has 0 aliphatic carbocycles. The van der Waals surface area contributed by atoms with E-state index in [1.54, 1.807) is 17.4 Å². The predicted molar refractivity (Wildman–Crippen MR) is 84.1 cm³/mol. The van der Waals surface area contributed by atoms with E-state index < -0.39 is 0 Å². The van der Waals surface area contributed by atoms with Gasteiger partial charge in [-0.3, -0.25) is 0 Å². The molecule has 0 unspecified atom stereocenters. The second-order valence-corrected chi connectivity index (χ2v) is 5.62. The number of nitrogens with zero attached hydrogens (tertiary/aromatic N) is 1. The summed E-state index contributed by atoms with van der Waals surface area (Å²) < 4.78 is 0. The van der Waals surface area contributed by atoms with Crippen molar-refractivity contribution in [2.24, 2.45) is 0 Å². The number of aromatic nitrogens is 1. The lowest BCUT2D eigenvalue weighted by molar-refractivity contribution is 0.710. The quantitative estimate of drug-likeness (QED) is 0.778. The minimum Gasteiger partial charge on any atom is -0.330 e. The summed E-state index contributed by atoms with van der Waals surface area (Å²) in [4.78, 5) is 4.51. The first-order valence-corrected chi connectivity index (χ1v) is 7.70. The molecule has 0 atom stereocenters. The summed E-state index contributed by atoms with van der Waals surface area (Å²) >= 11 is 13.7. The van der Waals surface area contributed by atoms with Gasteiger partial charge in [-0.25, -0.2) is 4.98 Å². The molecule has 2 rings (SSSR count). The number of hydrogen-bond acceptors (Lipinski definition) is 4. The molecule has 19 heavy (non-hydrogen) atoms. The maximum Gasteiger partial charge on any atom is 0.187 e. The second kappa shape index (κ2) is 7.10. The molecular weight excluding hydrogens is 301 g/mol. The van der Waals surface area contributed by atoms with Crippen molar-refractivity contribution >= 4 is 45.4 Å². The Hall–Kier alpha value is -0.810. The van der Waals surface area contributed by atoms with Crippen LogP contribution in [-0.4, -0.2) is 18.1 Å². The van der Waals surface area contributed by atoms with E-state index in [0.29, 0.717) is 10.0 Å². The highest BCUT2D eigenvalue weighted by molar-refractivity contribution is 7.13. The van der Waals surface area contributed by atoms with E-state index in [4.69, 9.17) is 23.2 Å². The van der Waals surface area contributed by atoms with Gasteiger partial charge in [0.1, 0.15) is 0 Å². The smallest absolute Gasteiger partial charge is 0.187 e. The van der Waals surface area contributed by atoms with E-state index in [9.17, 15) is 0 Å². The zero-order chi connectivity index (χ0) is 13.7. The van der Waals surface area contributed by atoms with Crippen molar-refractivity contribution in [1.29, 1.82) is 0 Å². The van der Waals surface area contributed by atoms with Gasteiger partial charge in [-0.1, -0.05) is 36.2 Å². The lowest BCUT2D eigenvalue weighted by Crippen LogP contribution is -2.16. The summed E-state index contributed by atoms with van der Waals surface area (Å²) in [6, 6.07) is 5.50. The number of likely N-dealkylation sites (N-methyl/N-ethyl adjacent to an activating group) is 1. The largest absolute Gasteiger partial charge is 0.330 e. The molecule has 0 radical (unpaired) electrons. The van der Waals surface area contributed by atoms with Gasteiger partial charge in [-0.05, 0) is 18.7 Å². The Morgan fingerprint density at radius 1 is 1.32 bits per heavy atom. The summed E-state index contributed by atoms with van der Waals surface area (Å²) in [5, 5.41) is 10.4. The Kier molecular flexibility index (Phi) is 5.45. The van der Waals surface area contributed by atoms with Crippen LogP contribution in [0.2, 0.25) is 10.0 Å².